The molecule has 0 amide bonds. The number of alkyl halides is 3. The summed E-state index contributed by atoms with van der Waals surface area (Å²) in [6, 6.07) is 1.90. The van der Waals surface area contributed by atoms with Gasteiger partial charge in [-0.2, -0.15) is 13.2 Å². The van der Waals surface area contributed by atoms with Crippen molar-refractivity contribution < 1.29 is 22.7 Å². The van der Waals surface area contributed by atoms with Crippen molar-refractivity contribution in [2.75, 3.05) is 12.8 Å². The molecule has 0 bridgehead atoms. The lowest BCUT2D eigenvalue weighted by molar-refractivity contribution is -0.138. The molecule has 0 saturated heterocycles. The van der Waals surface area contributed by atoms with Gasteiger partial charge in [-0.1, -0.05) is 0 Å². The Morgan fingerprint density at radius 2 is 2.00 bits per heavy atom. The highest BCUT2D eigenvalue weighted by molar-refractivity contribution is 9.10. The van der Waals surface area contributed by atoms with Gasteiger partial charge >= 0.3 is 12.1 Å². The van der Waals surface area contributed by atoms with Crippen LogP contribution in [0.15, 0.2) is 16.6 Å². The maximum Gasteiger partial charge on any atom is 0.417 e. The van der Waals surface area contributed by atoms with E-state index in [0.717, 1.165) is 19.2 Å². The molecule has 7 heteroatoms. The van der Waals surface area contributed by atoms with E-state index in [0.29, 0.717) is 0 Å². The maximum absolute atomic E-state index is 12.6. The number of ether oxygens (including phenoxy) is 1. The van der Waals surface area contributed by atoms with Gasteiger partial charge in [-0.05, 0) is 28.1 Å². The Bertz CT molecular complexity index is 431. The van der Waals surface area contributed by atoms with Crippen LogP contribution in [0, 0.1) is 0 Å². The molecule has 0 atom stereocenters. The van der Waals surface area contributed by atoms with Crippen LogP contribution in [0.25, 0.3) is 0 Å². The van der Waals surface area contributed by atoms with E-state index in [2.05, 4.69) is 20.7 Å². The Kier molecular flexibility index (Phi) is 3.47. The third-order valence-electron chi connectivity index (χ3n) is 1.89. The zero-order valence-electron chi connectivity index (χ0n) is 8.06. The molecule has 0 aliphatic heterocycles. The molecule has 0 radical (unpaired) electrons. The molecule has 1 aromatic carbocycles. The van der Waals surface area contributed by atoms with Gasteiger partial charge in [0.25, 0.3) is 0 Å². The van der Waals surface area contributed by atoms with E-state index in [9.17, 15) is 18.0 Å². The summed E-state index contributed by atoms with van der Waals surface area (Å²) in [4.78, 5) is 11.2. The van der Waals surface area contributed by atoms with Crippen LogP contribution in [-0.4, -0.2) is 13.1 Å². The molecule has 1 aromatic rings. The Morgan fingerprint density at radius 3 is 2.44 bits per heavy atom. The van der Waals surface area contributed by atoms with Gasteiger partial charge in [-0.15, -0.1) is 0 Å². The van der Waals surface area contributed by atoms with Crippen LogP contribution in [0.2, 0.25) is 0 Å². The Morgan fingerprint density at radius 1 is 1.44 bits per heavy atom. The molecule has 2 N–H and O–H groups in total. The molecule has 0 fully saturated rings. The zero-order valence-corrected chi connectivity index (χ0v) is 9.65. The minimum atomic E-state index is -4.65. The number of anilines is 1. The highest BCUT2D eigenvalue weighted by Gasteiger charge is 2.37. The standard InChI is InChI=1S/C9H7BrF3NO2/c1-16-8(15)6-4(9(11,12)13)2-3-5(10)7(6)14/h2-3H,14H2,1H3. The first-order valence-electron chi connectivity index (χ1n) is 4.02. The number of hydrogen-bond donors (Lipinski definition) is 1. The van der Waals surface area contributed by atoms with Gasteiger partial charge in [0, 0.05) is 4.47 Å². The van der Waals surface area contributed by atoms with E-state index in [1.165, 1.54) is 0 Å². The molecule has 3 nitrogen and oxygen atoms in total. The molecule has 16 heavy (non-hydrogen) atoms. The largest absolute Gasteiger partial charge is 0.465 e. The van der Waals surface area contributed by atoms with Crippen molar-refractivity contribution in [3.8, 4) is 0 Å². The minimum Gasteiger partial charge on any atom is -0.465 e. The van der Waals surface area contributed by atoms with Crippen molar-refractivity contribution in [2.24, 2.45) is 0 Å². The zero-order chi connectivity index (χ0) is 12.5. The van der Waals surface area contributed by atoms with Crippen molar-refractivity contribution in [2.45, 2.75) is 6.18 Å². The Balaban J connectivity index is 3.51. The Labute approximate surface area is 97.5 Å². The van der Waals surface area contributed by atoms with Crippen molar-refractivity contribution in [3.05, 3.63) is 27.7 Å². The number of nitrogens with two attached hydrogens (primary N) is 1. The maximum atomic E-state index is 12.6. The summed E-state index contributed by atoms with van der Waals surface area (Å²) in [6.07, 6.45) is -4.65. The van der Waals surface area contributed by atoms with E-state index in [1.54, 1.807) is 0 Å². The fourth-order valence-electron chi connectivity index (χ4n) is 1.15. The molecule has 88 valence electrons. The molecule has 0 spiro atoms. The second-order valence-corrected chi connectivity index (χ2v) is 3.73. The lowest BCUT2D eigenvalue weighted by atomic mass is 10.1. The summed E-state index contributed by atoms with van der Waals surface area (Å²) in [5.74, 6) is -1.12. The predicted octanol–water partition coefficient (Wildman–Crippen LogP) is 2.84. The topological polar surface area (TPSA) is 52.3 Å². The van der Waals surface area contributed by atoms with Crippen molar-refractivity contribution in [3.63, 3.8) is 0 Å². The summed E-state index contributed by atoms with van der Waals surface area (Å²) in [5, 5.41) is 0. The SMILES string of the molecule is COC(=O)c1c(C(F)(F)F)ccc(Br)c1N. The van der Waals surface area contributed by atoms with E-state index in [4.69, 9.17) is 5.73 Å². The van der Waals surface area contributed by atoms with E-state index >= 15 is 0 Å². The van der Waals surface area contributed by atoms with Crippen molar-refractivity contribution in [1.29, 1.82) is 0 Å². The molecule has 0 unspecified atom stereocenters. The molecule has 0 aliphatic rings. The van der Waals surface area contributed by atoms with Gasteiger partial charge in [-0.3, -0.25) is 0 Å². The molecular weight excluding hydrogens is 291 g/mol. The number of carbonyl (C=O) groups excluding carboxylic acids is 1. The van der Waals surface area contributed by atoms with Gasteiger partial charge in [-0.25, -0.2) is 4.79 Å². The predicted molar refractivity (Wildman–Crippen MR) is 54.9 cm³/mol. The minimum absolute atomic E-state index is 0.209. The summed E-state index contributed by atoms with van der Waals surface area (Å²) in [5.41, 5.74) is 3.33. The molecule has 0 heterocycles. The number of rotatable bonds is 1. The first-order chi connectivity index (χ1) is 7.29. The van der Waals surface area contributed by atoms with E-state index in [-0.39, 0.29) is 10.2 Å². The van der Waals surface area contributed by atoms with Crippen LogP contribution in [-0.2, 0) is 10.9 Å². The molecule has 0 saturated carbocycles. The highest BCUT2D eigenvalue weighted by atomic mass is 79.9. The average molecular weight is 298 g/mol. The summed E-state index contributed by atoms with van der Waals surface area (Å²) < 4.78 is 42.2. The van der Waals surface area contributed by atoms with Gasteiger partial charge < -0.3 is 10.5 Å². The average Bonchev–Trinajstić information content (AvgIpc) is 2.19. The third-order valence-corrected chi connectivity index (χ3v) is 2.58. The van der Waals surface area contributed by atoms with Crippen LogP contribution < -0.4 is 5.73 Å². The molecule has 0 aromatic heterocycles. The normalized spacial score (nSPS) is 11.3. The highest BCUT2D eigenvalue weighted by Crippen LogP contribution is 2.37. The fraction of sp³-hybridized carbons (Fsp3) is 0.222. The summed E-state index contributed by atoms with van der Waals surface area (Å²) >= 11 is 2.94. The number of hydrogen-bond acceptors (Lipinski definition) is 3. The first kappa shape index (κ1) is 12.8. The molecule has 0 aliphatic carbocycles. The molecular formula is C9H7BrF3NO2. The van der Waals surface area contributed by atoms with Crippen molar-refractivity contribution >= 4 is 27.6 Å². The number of nitrogen functional groups attached to an aromatic ring is 1. The number of halogens is 4. The van der Waals surface area contributed by atoms with Crippen molar-refractivity contribution in [1.82, 2.24) is 0 Å². The van der Waals surface area contributed by atoms with E-state index < -0.39 is 23.3 Å². The van der Waals surface area contributed by atoms with Crippen LogP contribution in [0.3, 0.4) is 0 Å². The van der Waals surface area contributed by atoms with Gasteiger partial charge in [0.15, 0.2) is 0 Å². The van der Waals surface area contributed by atoms with E-state index in [1.807, 2.05) is 0 Å². The lowest BCUT2D eigenvalue weighted by Crippen LogP contribution is -2.16. The van der Waals surface area contributed by atoms with Crippen LogP contribution in [0.5, 0.6) is 0 Å². The number of methoxy groups -OCH3 is 1. The smallest absolute Gasteiger partial charge is 0.417 e. The summed E-state index contributed by atoms with van der Waals surface area (Å²) in [7, 11) is 0.989. The first-order valence-corrected chi connectivity index (χ1v) is 4.81. The van der Waals surface area contributed by atoms with Gasteiger partial charge in [0.1, 0.15) is 0 Å². The fourth-order valence-corrected chi connectivity index (χ4v) is 1.48. The second kappa shape index (κ2) is 4.32. The van der Waals surface area contributed by atoms with Crippen LogP contribution >= 0.6 is 15.9 Å². The van der Waals surface area contributed by atoms with Gasteiger partial charge in [0.05, 0.1) is 23.9 Å². The van der Waals surface area contributed by atoms with Gasteiger partial charge in [0.2, 0.25) is 0 Å². The lowest BCUT2D eigenvalue weighted by Gasteiger charge is -2.14. The summed E-state index contributed by atoms with van der Waals surface area (Å²) in [6.45, 7) is 0. The second-order valence-electron chi connectivity index (χ2n) is 2.87. The number of esters is 1. The number of benzene rings is 1. The van der Waals surface area contributed by atoms with Crippen LogP contribution in [0.1, 0.15) is 15.9 Å². The monoisotopic (exact) mass is 297 g/mol. The Hall–Kier alpha value is -1.24. The quantitative estimate of drug-likeness (QED) is 0.640. The number of carbonyl (C=O) groups is 1. The third kappa shape index (κ3) is 2.29. The van der Waals surface area contributed by atoms with Crippen LogP contribution in [0.4, 0.5) is 18.9 Å². The molecule has 1 rings (SSSR count).